The molecule has 104 valence electrons. The summed E-state index contributed by atoms with van der Waals surface area (Å²) in [6.45, 7) is 0. The molecule has 5 heteroatoms. The van der Waals surface area contributed by atoms with Crippen molar-refractivity contribution in [2.75, 3.05) is 23.9 Å². The van der Waals surface area contributed by atoms with Crippen molar-refractivity contribution in [1.29, 1.82) is 10.5 Å². The summed E-state index contributed by atoms with van der Waals surface area (Å²) in [5.74, 6) is 0. The number of benzene rings is 2. The Balaban J connectivity index is 2.08. The highest BCUT2D eigenvalue weighted by molar-refractivity contribution is 7.99. The maximum atomic E-state index is 8.83. The van der Waals surface area contributed by atoms with Crippen LogP contribution in [0.1, 0.15) is 0 Å². The number of nitriles is 2. The zero-order valence-electron chi connectivity index (χ0n) is 11.8. The molecule has 0 aromatic heterocycles. The van der Waals surface area contributed by atoms with Crippen molar-refractivity contribution in [3.05, 3.63) is 48.5 Å². The molecule has 0 spiro atoms. The van der Waals surface area contributed by atoms with E-state index in [9.17, 15) is 0 Å². The van der Waals surface area contributed by atoms with E-state index in [1.165, 1.54) is 9.80 Å². The summed E-state index contributed by atoms with van der Waals surface area (Å²) in [5.41, 5.74) is 1.74. The lowest BCUT2D eigenvalue weighted by atomic mass is 10.3. The Morgan fingerprint density at radius 1 is 0.714 bits per heavy atom. The predicted molar refractivity (Wildman–Crippen MR) is 85.0 cm³/mol. The summed E-state index contributed by atoms with van der Waals surface area (Å²) < 4.78 is 0. The molecule has 0 atom stereocenters. The van der Waals surface area contributed by atoms with Gasteiger partial charge >= 0.3 is 0 Å². The minimum Gasteiger partial charge on any atom is -0.283 e. The Morgan fingerprint density at radius 3 is 1.33 bits per heavy atom. The first-order chi connectivity index (χ1) is 10.1. The van der Waals surface area contributed by atoms with E-state index in [2.05, 4.69) is 12.4 Å². The molecule has 0 N–H and O–H groups in total. The molecule has 0 aliphatic rings. The minimum atomic E-state index is 0.868. The highest BCUT2D eigenvalue weighted by Gasteiger charge is 2.02. The molecular formula is C16H14N4S. The Labute approximate surface area is 128 Å². The van der Waals surface area contributed by atoms with Gasteiger partial charge in [0.05, 0.1) is 11.4 Å². The van der Waals surface area contributed by atoms with Gasteiger partial charge in [-0.05, 0) is 48.5 Å². The molecule has 0 radical (unpaired) electrons. The molecule has 0 unspecified atom stereocenters. The van der Waals surface area contributed by atoms with Gasteiger partial charge in [0.1, 0.15) is 0 Å². The first-order valence-electron chi connectivity index (χ1n) is 6.29. The fourth-order valence-electron chi connectivity index (χ4n) is 1.73. The van der Waals surface area contributed by atoms with Gasteiger partial charge < -0.3 is 0 Å². The second-order valence-electron chi connectivity index (χ2n) is 4.41. The third-order valence-electron chi connectivity index (χ3n) is 2.98. The lowest BCUT2D eigenvalue weighted by Gasteiger charge is -2.10. The van der Waals surface area contributed by atoms with Crippen LogP contribution in [-0.4, -0.2) is 14.1 Å². The van der Waals surface area contributed by atoms with Gasteiger partial charge in [0.2, 0.25) is 0 Å². The van der Waals surface area contributed by atoms with E-state index in [4.69, 9.17) is 10.5 Å². The van der Waals surface area contributed by atoms with E-state index in [0.717, 1.165) is 21.2 Å². The van der Waals surface area contributed by atoms with E-state index in [0.29, 0.717) is 0 Å². The molecule has 0 amide bonds. The van der Waals surface area contributed by atoms with Crippen LogP contribution in [0.5, 0.6) is 0 Å². The van der Waals surface area contributed by atoms with Crippen LogP contribution >= 0.6 is 11.8 Å². The average molecular weight is 294 g/mol. The van der Waals surface area contributed by atoms with Gasteiger partial charge in [0, 0.05) is 23.9 Å². The van der Waals surface area contributed by atoms with E-state index >= 15 is 0 Å². The van der Waals surface area contributed by atoms with Crippen LogP contribution < -0.4 is 9.80 Å². The van der Waals surface area contributed by atoms with E-state index < -0.39 is 0 Å². The maximum absolute atomic E-state index is 8.83. The number of hydrogen-bond acceptors (Lipinski definition) is 5. The highest BCUT2D eigenvalue weighted by Crippen LogP contribution is 2.30. The second kappa shape index (κ2) is 6.69. The number of nitrogens with zero attached hydrogens (tertiary/aromatic N) is 4. The molecule has 2 aromatic rings. The van der Waals surface area contributed by atoms with Crippen molar-refractivity contribution in [2.24, 2.45) is 0 Å². The monoisotopic (exact) mass is 294 g/mol. The van der Waals surface area contributed by atoms with Crippen molar-refractivity contribution in [3.63, 3.8) is 0 Å². The molecule has 0 aliphatic carbocycles. The smallest absolute Gasteiger partial charge is 0.183 e. The summed E-state index contributed by atoms with van der Waals surface area (Å²) in [6.07, 6.45) is 4.14. The standard InChI is InChI=1S/C16H14N4S/c1-19(11-17)13-3-7-15(8-4-13)21-16-9-5-14(6-10-16)20(2)12-18/h3-10H,1-2H3. The number of anilines is 2. The molecule has 0 heterocycles. The van der Waals surface area contributed by atoms with Crippen LogP contribution in [0.25, 0.3) is 0 Å². The van der Waals surface area contributed by atoms with Crippen LogP contribution in [0, 0.1) is 22.9 Å². The molecule has 0 fully saturated rings. The Morgan fingerprint density at radius 2 is 1.05 bits per heavy atom. The second-order valence-corrected chi connectivity index (χ2v) is 5.55. The Kier molecular flexibility index (Phi) is 4.71. The van der Waals surface area contributed by atoms with Crippen LogP contribution in [0.2, 0.25) is 0 Å². The largest absolute Gasteiger partial charge is 0.283 e. The lowest BCUT2D eigenvalue weighted by molar-refractivity contribution is 1.19. The summed E-state index contributed by atoms with van der Waals surface area (Å²) in [7, 11) is 3.46. The maximum Gasteiger partial charge on any atom is 0.183 e. The van der Waals surface area contributed by atoms with Gasteiger partial charge in [-0.1, -0.05) is 11.8 Å². The topological polar surface area (TPSA) is 54.1 Å². The van der Waals surface area contributed by atoms with Gasteiger partial charge in [-0.15, -0.1) is 0 Å². The highest BCUT2D eigenvalue weighted by atomic mass is 32.2. The molecule has 4 nitrogen and oxygen atoms in total. The van der Waals surface area contributed by atoms with E-state index in [-0.39, 0.29) is 0 Å². The van der Waals surface area contributed by atoms with Gasteiger partial charge in [0.25, 0.3) is 0 Å². The van der Waals surface area contributed by atoms with Crippen LogP contribution in [0.4, 0.5) is 11.4 Å². The van der Waals surface area contributed by atoms with Gasteiger partial charge in [-0.2, -0.15) is 10.5 Å². The van der Waals surface area contributed by atoms with E-state index in [1.54, 1.807) is 25.9 Å². The molecule has 0 saturated heterocycles. The zero-order valence-corrected chi connectivity index (χ0v) is 12.6. The molecule has 0 bridgehead atoms. The summed E-state index contributed by atoms with van der Waals surface area (Å²) in [6, 6.07) is 15.6. The molecule has 0 saturated carbocycles. The van der Waals surface area contributed by atoms with Crippen molar-refractivity contribution in [3.8, 4) is 12.4 Å². The van der Waals surface area contributed by atoms with Crippen LogP contribution in [0.3, 0.4) is 0 Å². The quantitative estimate of drug-likeness (QED) is 0.636. The van der Waals surface area contributed by atoms with Crippen LogP contribution in [0.15, 0.2) is 58.3 Å². The molecule has 2 aromatic carbocycles. The number of hydrogen-bond donors (Lipinski definition) is 0. The minimum absolute atomic E-state index is 0.868. The number of rotatable bonds is 4. The Bertz CT molecular complexity index is 619. The molecule has 21 heavy (non-hydrogen) atoms. The van der Waals surface area contributed by atoms with Gasteiger partial charge in [0.15, 0.2) is 12.4 Å². The van der Waals surface area contributed by atoms with Crippen molar-refractivity contribution in [1.82, 2.24) is 0 Å². The third-order valence-corrected chi connectivity index (χ3v) is 4.00. The fourth-order valence-corrected chi connectivity index (χ4v) is 2.54. The van der Waals surface area contributed by atoms with Crippen molar-refractivity contribution in [2.45, 2.75) is 9.79 Å². The first kappa shape index (κ1) is 14.8. The summed E-state index contributed by atoms with van der Waals surface area (Å²) in [4.78, 5) is 5.24. The molecule has 0 aliphatic heterocycles. The Hall–Kier alpha value is -2.63. The van der Waals surface area contributed by atoms with Gasteiger partial charge in [-0.25, -0.2) is 0 Å². The summed E-state index contributed by atoms with van der Waals surface area (Å²) in [5, 5.41) is 17.7. The van der Waals surface area contributed by atoms with Crippen molar-refractivity contribution < 1.29 is 0 Å². The SMILES string of the molecule is CN(C#N)c1ccc(Sc2ccc(N(C)C#N)cc2)cc1. The predicted octanol–water partition coefficient (Wildman–Crippen LogP) is 3.67. The van der Waals surface area contributed by atoms with Crippen LogP contribution in [-0.2, 0) is 0 Å². The van der Waals surface area contributed by atoms with E-state index in [1.807, 2.05) is 48.5 Å². The van der Waals surface area contributed by atoms with Gasteiger partial charge in [-0.3, -0.25) is 9.80 Å². The normalized spacial score (nSPS) is 9.52. The molecule has 2 rings (SSSR count). The summed E-state index contributed by atoms with van der Waals surface area (Å²) >= 11 is 1.64. The third kappa shape index (κ3) is 3.68. The first-order valence-corrected chi connectivity index (χ1v) is 7.10. The molecular weight excluding hydrogens is 280 g/mol. The fraction of sp³-hybridized carbons (Fsp3) is 0.125. The zero-order chi connectivity index (χ0) is 15.2. The lowest BCUT2D eigenvalue weighted by Crippen LogP contribution is -2.07. The average Bonchev–Trinajstić information content (AvgIpc) is 2.55. The van der Waals surface area contributed by atoms with Crippen molar-refractivity contribution >= 4 is 23.1 Å².